The lowest BCUT2D eigenvalue weighted by Gasteiger charge is -2.34. The normalized spacial score (nSPS) is 18.2. The van der Waals surface area contributed by atoms with Crippen molar-refractivity contribution in [3.8, 4) is 0 Å². The zero-order chi connectivity index (χ0) is 13.8. The first kappa shape index (κ1) is 13.7. The summed E-state index contributed by atoms with van der Waals surface area (Å²) in [4.78, 5) is 26.0. The summed E-state index contributed by atoms with van der Waals surface area (Å²) in [6, 6.07) is 9.39. The fourth-order valence-electron chi connectivity index (χ4n) is 2.38. The van der Waals surface area contributed by atoms with Gasteiger partial charge in [0.15, 0.2) is 5.78 Å². The van der Waals surface area contributed by atoms with Gasteiger partial charge in [0.25, 0.3) is 0 Å². The summed E-state index contributed by atoms with van der Waals surface area (Å²) in [6.45, 7) is 5.42. The van der Waals surface area contributed by atoms with Crippen molar-refractivity contribution in [1.29, 1.82) is 0 Å². The third-order valence-corrected chi connectivity index (χ3v) is 3.39. The number of benzene rings is 1. The van der Waals surface area contributed by atoms with Crippen molar-refractivity contribution in [2.75, 3.05) is 19.6 Å². The molecule has 1 aromatic carbocycles. The quantitative estimate of drug-likeness (QED) is 0.890. The third-order valence-electron chi connectivity index (χ3n) is 3.39. The van der Waals surface area contributed by atoms with Crippen molar-refractivity contribution in [3.05, 3.63) is 35.9 Å². The van der Waals surface area contributed by atoms with Crippen LogP contribution in [0.1, 0.15) is 25.5 Å². The molecular formula is C15H20N2O2. The first-order valence-corrected chi connectivity index (χ1v) is 6.69. The molecule has 0 saturated carbocycles. The fraction of sp³-hybridized carbons (Fsp3) is 0.467. The van der Waals surface area contributed by atoms with Crippen LogP contribution in [0.4, 0.5) is 0 Å². The molecule has 1 fully saturated rings. The molecule has 0 unspecified atom stereocenters. The number of rotatable bonds is 4. The van der Waals surface area contributed by atoms with Crippen LogP contribution in [0.2, 0.25) is 0 Å². The van der Waals surface area contributed by atoms with Gasteiger partial charge in [-0.2, -0.15) is 0 Å². The molecule has 1 saturated heterocycles. The van der Waals surface area contributed by atoms with Crippen molar-refractivity contribution in [1.82, 2.24) is 10.2 Å². The van der Waals surface area contributed by atoms with Gasteiger partial charge in [-0.1, -0.05) is 44.2 Å². The Hall–Kier alpha value is -1.68. The Bertz CT molecular complexity index is 456. The Morgan fingerprint density at radius 2 is 1.95 bits per heavy atom. The van der Waals surface area contributed by atoms with Crippen LogP contribution in [0.3, 0.4) is 0 Å². The van der Waals surface area contributed by atoms with Crippen LogP contribution < -0.4 is 5.32 Å². The molecule has 1 amide bonds. The topological polar surface area (TPSA) is 49.4 Å². The molecular weight excluding hydrogens is 240 g/mol. The monoisotopic (exact) mass is 260 g/mol. The first-order valence-electron chi connectivity index (χ1n) is 6.69. The van der Waals surface area contributed by atoms with Gasteiger partial charge in [0.1, 0.15) is 0 Å². The van der Waals surface area contributed by atoms with E-state index in [0.29, 0.717) is 13.1 Å². The van der Waals surface area contributed by atoms with Gasteiger partial charge in [-0.25, -0.2) is 0 Å². The molecule has 2 rings (SSSR count). The number of Topliss-reactive ketones (excluding diaryl/α,β-unsaturated/α-hetero) is 1. The number of carbonyl (C=O) groups is 2. The van der Waals surface area contributed by atoms with Gasteiger partial charge in [0.2, 0.25) is 5.91 Å². The SMILES string of the molecule is CC(C)C(=O)[C@@H](c1ccccc1)N1CCNC(=O)C1. The van der Waals surface area contributed by atoms with Crippen LogP contribution in [-0.4, -0.2) is 36.2 Å². The van der Waals surface area contributed by atoms with Gasteiger partial charge in [0, 0.05) is 19.0 Å². The highest BCUT2D eigenvalue weighted by Gasteiger charge is 2.31. The van der Waals surface area contributed by atoms with Crippen LogP contribution in [0.15, 0.2) is 30.3 Å². The predicted octanol–water partition coefficient (Wildman–Crippen LogP) is 1.38. The van der Waals surface area contributed by atoms with E-state index in [1.54, 1.807) is 0 Å². The Labute approximate surface area is 113 Å². The van der Waals surface area contributed by atoms with Gasteiger partial charge in [-0.15, -0.1) is 0 Å². The number of carbonyl (C=O) groups excluding carboxylic acids is 2. The second-order valence-electron chi connectivity index (χ2n) is 5.19. The van der Waals surface area contributed by atoms with E-state index < -0.39 is 0 Å². The molecule has 19 heavy (non-hydrogen) atoms. The number of hydrogen-bond donors (Lipinski definition) is 1. The van der Waals surface area contributed by atoms with Gasteiger partial charge >= 0.3 is 0 Å². The number of piperazine rings is 1. The fourth-order valence-corrected chi connectivity index (χ4v) is 2.38. The van der Waals surface area contributed by atoms with Crippen LogP contribution >= 0.6 is 0 Å². The number of nitrogens with one attached hydrogen (secondary N) is 1. The summed E-state index contributed by atoms with van der Waals surface area (Å²) >= 11 is 0. The van der Waals surface area contributed by atoms with Gasteiger partial charge in [0.05, 0.1) is 12.6 Å². The lowest BCUT2D eigenvalue weighted by molar-refractivity contribution is -0.131. The number of hydrogen-bond acceptors (Lipinski definition) is 3. The van der Waals surface area contributed by atoms with Crippen LogP contribution in [-0.2, 0) is 9.59 Å². The van der Waals surface area contributed by atoms with Crippen molar-refractivity contribution in [2.24, 2.45) is 5.92 Å². The average Bonchev–Trinajstić information content (AvgIpc) is 2.40. The molecule has 1 heterocycles. The van der Waals surface area contributed by atoms with E-state index in [1.807, 2.05) is 49.1 Å². The number of ketones is 1. The maximum atomic E-state index is 12.5. The van der Waals surface area contributed by atoms with Crippen molar-refractivity contribution < 1.29 is 9.59 Å². The highest BCUT2D eigenvalue weighted by Crippen LogP contribution is 2.25. The zero-order valence-corrected chi connectivity index (χ0v) is 11.4. The summed E-state index contributed by atoms with van der Waals surface area (Å²) in [6.07, 6.45) is 0. The highest BCUT2D eigenvalue weighted by molar-refractivity contribution is 5.88. The van der Waals surface area contributed by atoms with Crippen LogP contribution in [0.25, 0.3) is 0 Å². The van der Waals surface area contributed by atoms with Crippen molar-refractivity contribution in [3.63, 3.8) is 0 Å². The lowest BCUT2D eigenvalue weighted by atomic mass is 9.93. The Morgan fingerprint density at radius 1 is 1.26 bits per heavy atom. The van der Waals surface area contributed by atoms with Gasteiger partial charge in [-0.3, -0.25) is 14.5 Å². The van der Waals surface area contributed by atoms with E-state index in [-0.39, 0.29) is 30.2 Å². The minimum atomic E-state index is -0.313. The van der Waals surface area contributed by atoms with E-state index in [1.165, 1.54) is 0 Å². The molecule has 0 aromatic heterocycles. The van der Waals surface area contributed by atoms with Crippen LogP contribution in [0.5, 0.6) is 0 Å². The first-order chi connectivity index (χ1) is 9.09. The van der Waals surface area contributed by atoms with Crippen molar-refractivity contribution in [2.45, 2.75) is 19.9 Å². The van der Waals surface area contributed by atoms with Gasteiger partial charge < -0.3 is 5.32 Å². The summed E-state index contributed by atoms with van der Waals surface area (Å²) < 4.78 is 0. The molecule has 0 radical (unpaired) electrons. The molecule has 102 valence electrons. The molecule has 1 aliphatic heterocycles. The highest BCUT2D eigenvalue weighted by atomic mass is 16.2. The molecule has 4 nitrogen and oxygen atoms in total. The number of nitrogens with zero attached hydrogens (tertiary/aromatic N) is 1. The molecule has 0 spiro atoms. The Kier molecular flexibility index (Phi) is 4.32. The number of amides is 1. The van der Waals surface area contributed by atoms with Crippen LogP contribution in [0, 0.1) is 5.92 Å². The molecule has 0 bridgehead atoms. The molecule has 0 aliphatic carbocycles. The molecule has 1 atom stereocenters. The van der Waals surface area contributed by atoms with E-state index in [9.17, 15) is 9.59 Å². The second-order valence-corrected chi connectivity index (χ2v) is 5.19. The lowest BCUT2D eigenvalue weighted by Crippen LogP contribution is -2.50. The summed E-state index contributed by atoms with van der Waals surface area (Å²) in [5, 5.41) is 2.79. The molecule has 1 aromatic rings. The largest absolute Gasteiger partial charge is 0.354 e. The maximum Gasteiger partial charge on any atom is 0.234 e. The smallest absolute Gasteiger partial charge is 0.234 e. The molecule has 1 N–H and O–H groups in total. The Morgan fingerprint density at radius 3 is 2.53 bits per heavy atom. The summed E-state index contributed by atoms with van der Waals surface area (Å²) in [5.41, 5.74) is 0.968. The minimum Gasteiger partial charge on any atom is -0.354 e. The molecule has 4 heteroatoms. The zero-order valence-electron chi connectivity index (χ0n) is 11.4. The summed E-state index contributed by atoms with van der Waals surface area (Å²) in [7, 11) is 0. The Balaban J connectivity index is 2.29. The van der Waals surface area contributed by atoms with E-state index in [4.69, 9.17) is 0 Å². The minimum absolute atomic E-state index is 0.0104. The standard InChI is InChI=1S/C15H20N2O2/c1-11(2)15(19)14(12-6-4-3-5-7-12)17-9-8-16-13(18)10-17/h3-7,11,14H,8-10H2,1-2H3,(H,16,18)/t14-/m1/s1. The predicted molar refractivity (Wildman–Crippen MR) is 73.6 cm³/mol. The van der Waals surface area contributed by atoms with Crippen molar-refractivity contribution >= 4 is 11.7 Å². The second kappa shape index (κ2) is 5.97. The van der Waals surface area contributed by atoms with E-state index >= 15 is 0 Å². The maximum absolute atomic E-state index is 12.5. The average molecular weight is 260 g/mol. The van der Waals surface area contributed by atoms with Gasteiger partial charge in [-0.05, 0) is 5.56 Å². The third kappa shape index (κ3) is 3.20. The molecule has 1 aliphatic rings. The summed E-state index contributed by atoms with van der Waals surface area (Å²) in [5.74, 6) is 0.111. The van der Waals surface area contributed by atoms with E-state index in [2.05, 4.69) is 5.32 Å². The van der Waals surface area contributed by atoms with E-state index in [0.717, 1.165) is 5.56 Å².